The molecule has 1 aromatic heterocycles. The highest BCUT2D eigenvalue weighted by Gasteiger charge is 2.30. The van der Waals surface area contributed by atoms with E-state index in [0.29, 0.717) is 34.9 Å². The number of hydrogen-bond acceptors (Lipinski definition) is 5. The van der Waals surface area contributed by atoms with E-state index in [4.69, 9.17) is 32.9 Å². The summed E-state index contributed by atoms with van der Waals surface area (Å²) in [6.07, 6.45) is 2.33. The van der Waals surface area contributed by atoms with Crippen molar-refractivity contribution in [2.45, 2.75) is 39.5 Å². The molecule has 144 valence electrons. The Kier molecular flexibility index (Phi) is 5.16. The van der Waals surface area contributed by atoms with Crippen molar-refractivity contribution in [2.75, 3.05) is 24.7 Å². The Morgan fingerprint density at radius 1 is 1.26 bits per heavy atom. The normalized spacial score (nSPS) is 20.1. The molecule has 0 spiro atoms. The molecule has 0 saturated carbocycles. The van der Waals surface area contributed by atoms with E-state index in [2.05, 4.69) is 4.90 Å². The van der Waals surface area contributed by atoms with Crippen LogP contribution in [0.15, 0.2) is 23.0 Å². The lowest BCUT2D eigenvalue weighted by Gasteiger charge is -2.39. The molecule has 1 atom stereocenters. The summed E-state index contributed by atoms with van der Waals surface area (Å²) in [6, 6.07) is 5.37. The number of rotatable bonds is 3. The lowest BCUT2D eigenvalue weighted by Crippen LogP contribution is -2.49. The van der Waals surface area contributed by atoms with E-state index in [0.717, 1.165) is 37.4 Å². The molecule has 6 nitrogen and oxygen atoms in total. The Hall–Kier alpha value is -1.60. The lowest BCUT2D eigenvalue weighted by molar-refractivity contribution is 0.0584. The molecule has 0 N–H and O–H groups in total. The minimum Gasteiger partial charge on any atom is -0.377 e. The third-order valence-electron chi connectivity index (χ3n) is 5.23. The molecule has 0 radical (unpaired) electrons. The summed E-state index contributed by atoms with van der Waals surface area (Å²) in [5, 5.41) is 1.10. The number of anilines is 2. The highest BCUT2D eigenvalue weighted by atomic mass is 35.5. The molecule has 4 rings (SSSR count). The van der Waals surface area contributed by atoms with Crippen LogP contribution in [0, 0.1) is 13.8 Å². The van der Waals surface area contributed by atoms with Gasteiger partial charge >= 0.3 is 0 Å². The van der Waals surface area contributed by atoms with E-state index in [1.165, 1.54) is 0 Å². The quantitative estimate of drug-likeness (QED) is 0.774. The Morgan fingerprint density at radius 2 is 2.07 bits per heavy atom. The summed E-state index contributed by atoms with van der Waals surface area (Å²) < 4.78 is 7.50. The van der Waals surface area contributed by atoms with Crippen LogP contribution in [0.25, 0.3) is 0 Å². The van der Waals surface area contributed by atoms with Gasteiger partial charge in [0.05, 0.1) is 30.2 Å². The molecule has 27 heavy (non-hydrogen) atoms. The first kappa shape index (κ1) is 18.7. The van der Waals surface area contributed by atoms with E-state index in [1.54, 1.807) is 16.7 Å². The fourth-order valence-electron chi connectivity index (χ4n) is 3.66. The average Bonchev–Trinajstić information content (AvgIpc) is 3.13. The second kappa shape index (κ2) is 7.43. The van der Waals surface area contributed by atoms with Crippen molar-refractivity contribution in [1.29, 1.82) is 0 Å². The van der Waals surface area contributed by atoms with E-state index in [1.807, 2.05) is 24.8 Å². The molecular weight excluding hydrogens is 387 g/mol. The number of aromatic nitrogens is 2. The molecule has 1 aromatic carbocycles. The van der Waals surface area contributed by atoms with Crippen molar-refractivity contribution in [3.05, 3.63) is 49.9 Å². The van der Waals surface area contributed by atoms with E-state index >= 15 is 0 Å². The molecule has 2 aliphatic rings. The fourth-order valence-corrected chi connectivity index (χ4v) is 4.17. The second-order valence-corrected chi connectivity index (χ2v) is 7.99. The number of nitrogens with zero attached hydrogens (tertiary/aromatic N) is 4. The van der Waals surface area contributed by atoms with Gasteiger partial charge in [0.2, 0.25) is 5.95 Å². The van der Waals surface area contributed by atoms with Gasteiger partial charge in [-0.1, -0.05) is 23.2 Å². The summed E-state index contributed by atoms with van der Waals surface area (Å²) in [6.45, 7) is 6.32. The predicted molar refractivity (Wildman–Crippen MR) is 107 cm³/mol. The number of ether oxygens (including phenoxy) is 1. The summed E-state index contributed by atoms with van der Waals surface area (Å²) in [7, 11) is 0. The van der Waals surface area contributed by atoms with Gasteiger partial charge in [0, 0.05) is 29.4 Å². The number of fused-ring (bicyclic) bond motifs is 1. The summed E-state index contributed by atoms with van der Waals surface area (Å²) in [4.78, 5) is 21.8. The molecule has 0 unspecified atom stereocenters. The van der Waals surface area contributed by atoms with Gasteiger partial charge in [0.15, 0.2) is 0 Å². The molecule has 1 saturated heterocycles. The topological polar surface area (TPSA) is 50.6 Å². The van der Waals surface area contributed by atoms with Crippen molar-refractivity contribution in [3.63, 3.8) is 0 Å². The third kappa shape index (κ3) is 3.59. The molecule has 0 amide bonds. The van der Waals surface area contributed by atoms with Gasteiger partial charge in [-0.25, -0.2) is 4.98 Å². The maximum Gasteiger partial charge on any atom is 0.259 e. The van der Waals surface area contributed by atoms with Gasteiger partial charge in [-0.05, 0) is 44.9 Å². The molecule has 3 heterocycles. The maximum atomic E-state index is 12.9. The fraction of sp³-hybridized carbons (Fsp3) is 0.474. The van der Waals surface area contributed by atoms with Crippen LogP contribution in [0.3, 0.4) is 0 Å². The van der Waals surface area contributed by atoms with E-state index in [9.17, 15) is 4.79 Å². The van der Waals surface area contributed by atoms with Crippen molar-refractivity contribution in [1.82, 2.24) is 14.5 Å². The zero-order chi connectivity index (χ0) is 19.1. The van der Waals surface area contributed by atoms with Crippen molar-refractivity contribution in [2.24, 2.45) is 0 Å². The molecule has 8 heteroatoms. The monoisotopic (exact) mass is 408 g/mol. The third-order valence-corrected chi connectivity index (χ3v) is 5.77. The first-order chi connectivity index (χ1) is 12.9. The minimum absolute atomic E-state index is 0.0235. The van der Waals surface area contributed by atoms with Gasteiger partial charge < -0.3 is 4.74 Å². The van der Waals surface area contributed by atoms with Gasteiger partial charge in [0.1, 0.15) is 0 Å². The predicted octanol–water partition coefficient (Wildman–Crippen LogP) is 3.71. The maximum absolute atomic E-state index is 12.9. The van der Waals surface area contributed by atoms with Crippen LogP contribution >= 0.6 is 23.2 Å². The number of halogens is 2. The SMILES string of the molecule is Cc1nc2n(c(=O)c1C)CN(C[C@@H]1CCCO1)CN2c1ccc(Cl)cc1Cl. The van der Waals surface area contributed by atoms with Crippen LogP contribution in [0.5, 0.6) is 0 Å². The van der Waals surface area contributed by atoms with Gasteiger partial charge in [-0.15, -0.1) is 0 Å². The standard InChI is InChI=1S/C19H22Cl2N4O2/c1-12-13(2)22-19-24(17-6-5-14(20)8-16(17)21)10-23(11-25(19)18(12)26)9-15-4-3-7-27-15/h5-6,8,15H,3-4,7,9-11H2,1-2H3/t15-/m0/s1. The van der Waals surface area contributed by atoms with Crippen LogP contribution in [-0.4, -0.2) is 40.4 Å². The van der Waals surface area contributed by atoms with Crippen LogP contribution < -0.4 is 10.5 Å². The molecular formula is C19H22Cl2N4O2. The first-order valence-corrected chi connectivity index (χ1v) is 9.84. The Morgan fingerprint density at radius 3 is 2.78 bits per heavy atom. The zero-order valence-corrected chi connectivity index (χ0v) is 16.9. The largest absolute Gasteiger partial charge is 0.377 e. The van der Waals surface area contributed by atoms with Crippen LogP contribution in [0.4, 0.5) is 11.6 Å². The molecule has 0 bridgehead atoms. The van der Waals surface area contributed by atoms with Gasteiger partial charge in [-0.3, -0.25) is 19.2 Å². The van der Waals surface area contributed by atoms with Crippen molar-refractivity contribution in [3.8, 4) is 0 Å². The highest BCUT2D eigenvalue weighted by Crippen LogP contribution is 2.35. The van der Waals surface area contributed by atoms with E-state index in [-0.39, 0.29) is 11.7 Å². The smallest absolute Gasteiger partial charge is 0.259 e. The lowest BCUT2D eigenvalue weighted by atomic mass is 10.2. The molecule has 2 aromatic rings. The highest BCUT2D eigenvalue weighted by molar-refractivity contribution is 6.36. The molecule has 1 fully saturated rings. The number of aryl methyl sites for hydroxylation is 1. The summed E-state index contributed by atoms with van der Waals surface area (Å²) >= 11 is 12.5. The number of hydrogen-bond donors (Lipinski definition) is 0. The number of benzene rings is 1. The summed E-state index contributed by atoms with van der Waals surface area (Å²) in [5.74, 6) is 0.607. The second-order valence-electron chi connectivity index (χ2n) is 7.15. The van der Waals surface area contributed by atoms with Crippen LogP contribution in [0.1, 0.15) is 24.1 Å². The summed E-state index contributed by atoms with van der Waals surface area (Å²) in [5.41, 5.74) is 2.15. The Bertz CT molecular complexity index is 925. The van der Waals surface area contributed by atoms with Crippen molar-refractivity contribution < 1.29 is 4.74 Å². The average molecular weight is 409 g/mol. The Balaban J connectivity index is 1.78. The Labute approximate surface area is 168 Å². The minimum atomic E-state index is -0.0235. The molecule has 2 aliphatic heterocycles. The van der Waals surface area contributed by atoms with Gasteiger partial charge in [-0.2, -0.15) is 0 Å². The van der Waals surface area contributed by atoms with Crippen LogP contribution in [-0.2, 0) is 11.4 Å². The zero-order valence-electron chi connectivity index (χ0n) is 15.4. The van der Waals surface area contributed by atoms with Gasteiger partial charge in [0.25, 0.3) is 5.56 Å². The van der Waals surface area contributed by atoms with E-state index < -0.39 is 0 Å². The molecule has 0 aliphatic carbocycles. The van der Waals surface area contributed by atoms with Crippen molar-refractivity contribution >= 4 is 34.8 Å². The van der Waals surface area contributed by atoms with Crippen LogP contribution in [0.2, 0.25) is 10.0 Å². The first-order valence-electron chi connectivity index (χ1n) is 9.08.